The fraction of sp³-hybridized carbons (Fsp3) is 0.292. The van der Waals surface area contributed by atoms with Crippen molar-refractivity contribution in [2.24, 2.45) is 0 Å². The highest BCUT2D eigenvalue weighted by molar-refractivity contribution is 5.93. The van der Waals surface area contributed by atoms with Crippen molar-refractivity contribution in [3.8, 4) is 0 Å². The van der Waals surface area contributed by atoms with Gasteiger partial charge in [-0.15, -0.1) is 0 Å². The van der Waals surface area contributed by atoms with E-state index in [1.165, 1.54) is 10.9 Å². The van der Waals surface area contributed by atoms with Crippen LogP contribution in [0.5, 0.6) is 0 Å². The van der Waals surface area contributed by atoms with E-state index < -0.39 is 0 Å². The summed E-state index contributed by atoms with van der Waals surface area (Å²) in [4.78, 5) is 19.8. The van der Waals surface area contributed by atoms with E-state index in [2.05, 4.69) is 64.7 Å². The van der Waals surface area contributed by atoms with Gasteiger partial charge in [-0.25, -0.2) is 0 Å². The zero-order valence-corrected chi connectivity index (χ0v) is 17.7. The van der Waals surface area contributed by atoms with Crippen molar-refractivity contribution in [2.75, 3.05) is 39.6 Å². The van der Waals surface area contributed by atoms with Crippen LogP contribution in [0.15, 0.2) is 54.7 Å². The maximum absolute atomic E-state index is 12.2. The first-order valence-corrected chi connectivity index (χ1v) is 9.89. The number of likely N-dealkylation sites (N-methyl/N-ethyl adjacent to an activating group) is 1. The molecule has 0 bridgehead atoms. The van der Waals surface area contributed by atoms with Gasteiger partial charge in [-0.1, -0.05) is 18.2 Å². The van der Waals surface area contributed by atoms with Gasteiger partial charge in [-0.2, -0.15) is 0 Å². The predicted octanol–water partition coefficient (Wildman–Crippen LogP) is 3.67. The van der Waals surface area contributed by atoms with Gasteiger partial charge in [0.1, 0.15) is 0 Å². The first-order valence-electron chi connectivity index (χ1n) is 9.89. The minimum atomic E-state index is -0.0938. The number of amides is 1. The van der Waals surface area contributed by atoms with Crippen LogP contribution in [-0.2, 0) is 17.8 Å². The summed E-state index contributed by atoms with van der Waals surface area (Å²) in [6, 6.07) is 14.4. The van der Waals surface area contributed by atoms with Crippen LogP contribution in [0.1, 0.15) is 16.7 Å². The number of hydrogen-bond acceptors (Lipinski definition) is 3. The van der Waals surface area contributed by atoms with Gasteiger partial charge in [0, 0.05) is 56.0 Å². The first kappa shape index (κ1) is 20.7. The molecule has 29 heavy (non-hydrogen) atoms. The van der Waals surface area contributed by atoms with Crippen LogP contribution in [0.25, 0.3) is 17.0 Å². The van der Waals surface area contributed by atoms with Crippen molar-refractivity contribution in [1.82, 2.24) is 15.2 Å². The number of aromatic amines is 1. The monoisotopic (exact) mass is 390 g/mol. The minimum Gasteiger partial charge on any atom is -0.378 e. The molecule has 0 saturated carbocycles. The molecule has 2 aromatic carbocycles. The molecular formula is C24H30N4O. The van der Waals surface area contributed by atoms with E-state index in [0.717, 1.165) is 35.3 Å². The largest absolute Gasteiger partial charge is 0.378 e. The summed E-state index contributed by atoms with van der Waals surface area (Å²) < 4.78 is 0. The Morgan fingerprint density at radius 2 is 1.83 bits per heavy atom. The molecule has 0 saturated heterocycles. The molecule has 5 heteroatoms. The molecule has 0 fully saturated rings. The molecule has 1 heterocycles. The van der Waals surface area contributed by atoms with Crippen LogP contribution < -0.4 is 10.2 Å². The Kier molecular flexibility index (Phi) is 6.73. The molecule has 0 atom stereocenters. The zero-order chi connectivity index (χ0) is 20.8. The van der Waals surface area contributed by atoms with Crippen LogP contribution in [0.2, 0.25) is 0 Å². The maximum Gasteiger partial charge on any atom is 0.244 e. The zero-order valence-electron chi connectivity index (χ0n) is 17.7. The molecule has 152 valence electrons. The van der Waals surface area contributed by atoms with Crippen molar-refractivity contribution < 1.29 is 4.79 Å². The van der Waals surface area contributed by atoms with Gasteiger partial charge in [0.15, 0.2) is 0 Å². The van der Waals surface area contributed by atoms with Crippen molar-refractivity contribution in [2.45, 2.75) is 13.0 Å². The minimum absolute atomic E-state index is 0.0938. The van der Waals surface area contributed by atoms with Gasteiger partial charge in [-0.05, 0) is 67.5 Å². The topological polar surface area (TPSA) is 51.4 Å². The van der Waals surface area contributed by atoms with Crippen molar-refractivity contribution in [3.63, 3.8) is 0 Å². The highest BCUT2D eigenvalue weighted by Gasteiger charge is 2.05. The Balaban J connectivity index is 1.60. The van der Waals surface area contributed by atoms with E-state index >= 15 is 0 Å². The number of rotatable bonds is 8. The summed E-state index contributed by atoms with van der Waals surface area (Å²) in [5.41, 5.74) is 5.67. The molecule has 3 rings (SSSR count). The molecule has 0 aliphatic heterocycles. The lowest BCUT2D eigenvalue weighted by Gasteiger charge is -2.12. The van der Waals surface area contributed by atoms with E-state index in [9.17, 15) is 4.79 Å². The summed E-state index contributed by atoms with van der Waals surface area (Å²) in [5, 5.41) is 4.16. The number of nitrogens with zero attached hydrogens (tertiary/aromatic N) is 2. The van der Waals surface area contributed by atoms with Crippen molar-refractivity contribution in [3.05, 3.63) is 71.4 Å². The van der Waals surface area contributed by atoms with Gasteiger partial charge < -0.3 is 20.1 Å². The summed E-state index contributed by atoms with van der Waals surface area (Å²) >= 11 is 0. The van der Waals surface area contributed by atoms with Crippen LogP contribution in [0.3, 0.4) is 0 Å². The SMILES string of the molecule is CN(C)CCc1c[nH]c2ccc(/C=C\C(=O)NCc3ccc(N(C)C)cc3)cc12. The van der Waals surface area contributed by atoms with E-state index in [-0.39, 0.29) is 5.91 Å². The molecule has 0 radical (unpaired) electrons. The van der Waals surface area contributed by atoms with E-state index in [4.69, 9.17) is 0 Å². The number of benzene rings is 2. The lowest BCUT2D eigenvalue weighted by Crippen LogP contribution is -2.20. The van der Waals surface area contributed by atoms with Crippen LogP contribution in [-0.4, -0.2) is 50.5 Å². The Hall–Kier alpha value is -3.05. The Bertz CT molecular complexity index is 984. The van der Waals surface area contributed by atoms with Crippen molar-refractivity contribution in [1.29, 1.82) is 0 Å². The number of nitrogens with one attached hydrogen (secondary N) is 2. The second-order valence-electron chi connectivity index (χ2n) is 7.78. The number of anilines is 1. The summed E-state index contributed by atoms with van der Waals surface area (Å²) in [6.07, 6.45) is 6.54. The summed E-state index contributed by atoms with van der Waals surface area (Å²) in [7, 11) is 8.19. The molecule has 0 aliphatic carbocycles. The van der Waals surface area contributed by atoms with Gasteiger partial charge in [0.2, 0.25) is 5.91 Å². The third-order valence-corrected chi connectivity index (χ3v) is 4.97. The Morgan fingerprint density at radius 1 is 1.07 bits per heavy atom. The summed E-state index contributed by atoms with van der Waals surface area (Å²) in [5.74, 6) is -0.0938. The molecule has 1 aromatic heterocycles. The summed E-state index contributed by atoms with van der Waals surface area (Å²) in [6.45, 7) is 1.52. The number of H-pyrrole nitrogens is 1. The molecule has 0 aliphatic rings. The predicted molar refractivity (Wildman–Crippen MR) is 122 cm³/mol. The average Bonchev–Trinajstić information content (AvgIpc) is 3.11. The number of aromatic nitrogens is 1. The fourth-order valence-electron chi connectivity index (χ4n) is 3.18. The van der Waals surface area contributed by atoms with Gasteiger partial charge in [-0.3, -0.25) is 4.79 Å². The van der Waals surface area contributed by atoms with Crippen molar-refractivity contribution >= 4 is 28.6 Å². The Labute approximate surface area is 173 Å². The second-order valence-corrected chi connectivity index (χ2v) is 7.78. The fourth-order valence-corrected chi connectivity index (χ4v) is 3.18. The van der Waals surface area contributed by atoms with Crippen LogP contribution in [0, 0.1) is 0 Å². The number of carbonyl (C=O) groups excluding carboxylic acids is 1. The number of carbonyl (C=O) groups is 1. The molecule has 5 nitrogen and oxygen atoms in total. The standard InChI is InChI=1S/C24H30N4O/c1-27(2)14-13-20-17-25-23-11-7-18(15-22(20)23)8-12-24(29)26-16-19-5-9-21(10-6-19)28(3)4/h5-12,15,17,25H,13-14,16H2,1-4H3,(H,26,29)/b12-8-. The third-order valence-electron chi connectivity index (χ3n) is 4.97. The molecule has 0 unspecified atom stereocenters. The lowest BCUT2D eigenvalue weighted by atomic mass is 10.1. The maximum atomic E-state index is 12.2. The van der Waals surface area contributed by atoms with E-state index in [0.29, 0.717) is 6.54 Å². The van der Waals surface area contributed by atoms with Gasteiger partial charge in [0.25, 0.3) is 0 Å². The molecule has 2 N–H and O–H groups in total. The average molecular weight is 391 g/mol. The highest BCUT2D eigenvalue weighted by Crippen LogP contribution is 2.21. The quantitative estimate of drug-likeness (QED) is 0.577. The van der Waals surface area contributed by atoms with Gasteiger partial charge in [0.05, 0.1) is 0 Å². The number of hydrogen-bond donors (Lipinski definition) is 2. The molecule has 0 spiro atoms. The molecule has 1 amide bonds. The molecule has 3 aromatic rings. The second kappa shape index (κ2) is 9.43. The lowest BCUT2D eigenvalue weighted by molar-refractivity contribution is -0.116. The molecular weight excluding hydrogens is 360 g/mol. The Morgan fingerprint density at radius 3 is 2.52 bits per heavy atom. The number of fused-ring (bicyclic) bond motifs is 1. The van der Waals surface area contributed by atoms with E-state index in [1.807, 2.05) is 38.4 Å². The normalized spacial score (nSPS) is 11.5. The van der Waals surface area contributed by atoms with Gasteiger partial charge >= 0.3 is 0 Å². The highest BCUT2D eigenvalue weighted by atomic mass is 16.1. The smallest absolute Gasteiger partial charge is 0.244 e. The van der Waals surface area contributed by atoms with Crippen LogP contribution >= 0.6 is 0 Å². The third kappa shape index (κ3) is 5.72. The van der Waals surface area contributed by atoms with E-state index in [1.54, 1.807) is 6.08 Å². The van der Waals surface area contributed by atoms with Crippen LogP contribution in [0.4, 0.5) is 5.69 Å². The first-order chi connectivity index (χ1) is 13.9.